The molecule has 1 aromatic heterocycles. The molecular formula is C23H30ClN3O3. The molecule has 0 aliphatic heterocycles. The van der Waals surface area contributed by atoms with E-state index in [9.17, 15) is 9.59 Å². The first-order valence-corrected chi connectivity index (χ1v) is 10.6. The van der Waals surface area contributed by atoms with Gasteiger partial charge in [-0.25, -0.2) is 9.48 Å². The van der Waals surface area contributed by atoms with E-state index in [1.165, 1.54) is 6.08 Å². The number of esters is 1. The van der Waals surface area contributed by atoms with Gasteiger partial charge in [0, 0.05) is 17.7 Å². The van der Waals surface area contributed by atoms with Crippen molar-refractivity contribution in [1.82, 2.24) is 15.1 Å². The van der Waals surface area contributed by atoms with Crippen LogP contribution in [0.4, 0.5) is 0 Å². The number of para-hydroxylation sites is 1. The van der Waals surface area contributed by atoms with Crippen molar-refractivity contribution in [2.75, 3.05) is 6.61 Å². The zero-order valence-corrected chi connectivity index (χ0v) is 18.8. The van der Waals surface area contributed by atoms with E-state index in [1.807, 2.05) is 44.2 Å². The van der Waals surface area contributed by atoms with Crippen LogP contribution in [0.15, 0.2) is 36.4 Å². The van der Waals surface area contributed by atoms with Gasteiger partial charge in [0.2, 0.25) is 0 Å². The topological polar surface area (TPSA) is 73.2 Å². The number of carbonyl (C=O) groups is 2. The average molecular weight is 432 g/mol. The van der Waals surface area contributed by atoms with Crippen LogP contribution in [0.3, 0.4) is 0 Å². The summed E-state index contributed by atoms with van der Waals surface area (Å²) in [6, 6.07) is 9.53. The molecule has 162 valence electrons. The lowest BCUT2D eigenvalue weighted by molar-refractivity contribution is -0.144. The smallest absolute Gasteiger partial charge is 0.331 e. The molecule has 0 fully saturated rings. The predicted molar refractivity (Wildman–Crippen MR) is 120 cm³/mol. The molecule has 7 heteroatoms. The van der Waals surface area contributed by atoms with E-state index in [1.54, 1.807) is 10.8 Å². The van der Waals surface area contributed by atoms with Crippen LogP contribution in [0.5, 0.6) is 0 Å². The van der Waals surface area contributed by atoms with Crippen LogP contribution in [0, 0.1) is 12.8 Å². The van der Waals surface area contributed by atoms with E-state index in [0.717, 1.165) is 24.9 Å². The molecule has 0 radical (unpaired) electrons. The molecule has 1 amide bonds. The third kappa shape index (κ3) is 7.34. The Balaban J connectivity index is 1.85. The number of aromatic nitrogens is 2. The molecule has 0 saturated heterocycles. The summed E-state index contributed by atoms with van der Waals surface area (Å²) in [5, 5.41) is 7.66. The Kier molecular flexibility index (Phi) is 9.12. The highest BCUT2D eigenvalue weighted by atomic mass is 35.5. The van der Waals surface area contributed by atoms with Crippen molar-refractivity contribution in [2.45, 2.75) is 53.0 Å². The van der Waals surface area contributed by atoms with Crippen LogP contribution < -0.4 is 5.32 Å². The van der Waals surface area contributed by atoms with Gasteiger partial charge in [-0.1, -0.05) is 56.5 Å². The lowest BCUT2D eigenvalue weighted by Crippen LogP contribution is -2.35. The maximum Gasteiger partial charge on any atom is 0.331 e. The molecule has 6 nitrogen and oxygen atoms in total. The molecule has 2 aromatic rings. The summed E-state index contributed by atoms with van der Waals surface area (Å²) >= 11 is 6.43. The summed E-state index contributed by atoms with van der Waals surface area (Å²) < 4.78 is 6.64. The fourth-order valence-electron chi connectivity index (χ4n) is 3.00. The summed E-state index contributed by atoms with van der Waals surface area (Å²) in [5.41, 5.74) is 2.13. The first kappa shape index (κ1) is 23.7. The van der Waals surface area contributed by atoms with Gasteiger partial charge in [-0.2, -0.15) is 5.10 Å². The van der Waals surface area contributed by atoms with Crippen molar-refractivity contribution in [3.05, 3.63) is 52.8 Å². The van der Waals surface area contributed by atoms with Gasteiger partial charge in [-0.15, -0.1) is 0 Å². The number of nitrogens with one attached hydrogen (secondary N) is 1. The molecule has 2 rings (SSSR count). The maximum atomic E-state index is 12.0. The third-order valence-corrected chi connectivity index (χ3v) is 4.97. The van der Waals surface area contributed by atoms with E-state index in [4.69, 9.17) is 16.3 Å². The Morgan fingerprint density at radius 2 is 1.90 bits per heavy atom. The Morgan fingerprint density at radius 3 is 2.57 bits per heavy atom. The summed E-state index contributed by atoms with van der Waals surface area (Å²) in [6.45, 7) is 7.81. The Bertz CT molecular complexity index is 875. The van der Waals surface area contributed by atoms with Gasteiger partial charge in [0.05, 0.1) is 11.4 Å². The van der Waals surface area contributed by atoms with Crippen molar-refractivity contribution in [1.29, 1.82) is 0 Å². The molecule has 30 heavy (non-hydrogen) atoms. The normalized spacial score (nSPS) is 12.3. The molecule has 0 aliphatic rings. The Morgan fingerprint density at radius 1 is 1.20 bits per heavy atom. The second-order valence-corrected chi connectivity index (χ2v) is 8.13. The molecule has 1 N–H and O–H groups in total. The largest absolute Gasteiger partial charge is 0.452 e. The summed E-state index contributed by atoms with van der Waals surface area (Å²) in [4.78, 5) is 23.9. The van der Waals surface area contributed by atoms with Gasteiger partial charge in [-0.05, 0) is 44.4 Å². The van der Waals surface area contributed by atoms with Crippen molar-refractivity contribution < 1.29 is 14.3 Å². The Hall–Kier alpha value is -2.60. The number of hydrogen-bond acceptors (Lipinski definition) is 4. The van der Waals surface area contributed by atoms with Crippen LogP contribution in [0.2, 0.25) is 5.15 Å². The number of nitrogens with zero attached hydrogens (tertiary/aromatic N) is 2. The van der Waals surface area contributed by atoms with Gasteiger partial charge in [0.15, 0.2) is 6.61 Å². The number of amides is 1. The number of rotatable bonds is 10. The van der Waals surface area contributed by atoms with Crippen LogP contribution in [-0.2, 0) is 14.3 Å². The standard InChI is InChI=1S/C23H30ClN3O3/c1-16(2)9-8-10-17(3)25-21(28)15-30-22(29)14-13-20-18(4)26-27(23(20)24)19-11-6-5-7-12-19/h5-7,11-14,16-17H,8-10,15H2,1-4H3,(H,25,28)/b14-13+. The summed E-state index contributed by atoms with van der Waals surface area (Å²) in [5.74, 6) is -0.266. The first-order chi connectivity index (χ1) is 14.3. The highest BCUT2D eigenvalue weighted by Gasteiger charge is 2.13. The molecule has 0 bridgehead atoms. The van der Waals surface area contributed by atoms with Crippen molar-refractivity contribution in [2.24, 2.45) is 5.92 Å². The van der Waals surface area contributed by atoms with Gasteiger partial charge in [-0.3, -0.25) is 4.79 Å². The summed E-state index contributed by atoms with van der Waals surface area (Å²) in [6.07, 6.45) is 5.89. The van der Waals surface area contributed by atoms with Crippen LogP contribution in [0.1, 0.15) is 51.3 Å². The molecule has 0 saturated carbocycles. The second-order valence-electron chi connectivity index (χ2n) is 7.77. The minimum atomic E-state index is -0.611. The average Bonchev–Trinajstić information content (AvgIpc) is 2.98. The van der Waals surface area contributed by atoms with Gasteiger partial charge in [0.1, 0.15) is 5.15 Å². The molecule has 1 atom stereocenters. The molecule has 1 heterocycles. The zero-order valence-electron chi connectivity index (χ0n) is 18.0. The minimum Gasteiger partial charge on any atom is -0.452 e. The fraction of sp³-hybridized carbons (Fsp3) is 0.435. The molecule has 0 spiro atoms. The van der Waals surface area contributed by atoms with Crippen molar-refractivity contribution in [3.63, 3.8) is 0 Å². The van der Waals surface area contributed by atoms with E-state index in [2.05, 4.69) is 24.3 Å². The van der Waals surface area contributed by atoms with Gasteiger partial charge >= 0.3 is 5.97 Å². The lowest BCUT2D eigenvalue weighted by Gasteiger charge is -2.14. The van der Waals surface area contributed by atoms with Gasteiger partial charge in [0.25, 0.3) is 5.91 Å². The van der Waals surface area contributed by atoms with Crippen LogP contribution in [-0.4, -0.2) is 34.3 Å². The predicted octanol–water partition coefficient (Wildman–Crippen LogP) is 4.72. The quantitative estimate of drug-likeness (QED) is 0.436. The monoisotopic (exact) mass is 431 g/mol. The van der Waals surface area contributed by atoms with E-state index >= 15 is 0 Å². The van der Waals surface area contributed by atoms with Crippen LogP contribution >= 0.6 is 11.6 Å². The second kappa shape index (κ2) is 11.6. The number of ether oxygens (including phenoxy) is 1. The third-order valence-electron chi connectivity index (χ3n) is 4.61. The first-order valence-electron chi connectivity index (χ1n) is 10.2. The van der Waals surface area contributed by atoms with E-state index in [-0.39, 0.29) is 18.6 Å². The van der Waals surface area contributed by atoms with Crippen molar-refractivity contribution >= 4 is 29.6 Å². The zero-order chi connectivity index (χ0) is 22.1. The number of benzene rings is 1. The van der Waals surface area contributed by atoms with E-state index in [0.29, 0.717) is 22.3 Å². The number of carbonyl (C=O) groups excluding carboxylic acids is 2. The van der Waals surface area contributed by atoms with Gasteiger partial charge < -0.3 is 10.1 Å². The molecule has 1 aromatic carbocycles. The fourth-order valence-corrected chi connectivity index (χ4v) is 3.33. The number of aryl methyl sites for hydroxylation is 1. The summed E-state index contributed by atoms with van der Waals surface area (Å²) in [7, 11) is 0. The maximum absolute atomic E-state index is 12.0. The highest BCUT2D eigenvalue weighted by Crippen LogP contribution is 2.24. The molecular weight excluding hydrogens is 402 g/mol. The number of hydrogen-bond donors (Lipinski definition) is 1. The Labute approximate surface area is 183 Å². The van der Waals surface area contributed by atoms with E-state index < -0.39 is 5.97 Å². The molecule has 1 unspecified atom stereocenters. The minimum absolute atomic E-state index is 0.0516. The van der Waals surface area contributed by atoms with Crippen LogP contribution in [0.25, 0.3) is 11.8 Å². The molecule has 0 aliphatic carbocycles. The SMILES string of the molecule is Cc1nn(-c2ccccc2)c(Cl)c1/C=C/C(=O)OCC(=O)NC(C)CCCC(C)C. The lowest BCUT2D eigenvalue weighted by atomic mass is 10.0. The highest BCUT2D eigenvalue weighted by molar-refractivity contribution is 6.31. The number of halogens is 1. The van der Waals surface area contributed by atoms with Crippen molar-refractivity contribution in [3.8, 4) is 5.69 Å².